The fraction of sp³-hybridized carbons (Fsp3) is 0.143. The molecule has 0 unspecified atom stereocenters. The molecular weight excluding hydrogens is 424 g/mol. The van der Waals surface area contributed by atoms with Crippen molar-refractivity contribution in [1.82, 2.24) is 20.3 Å². The minimum atomic E-state index is 0.491. The van der Waals surface area contributed by atoms with Gasteiger partial charge in [0.1, 0.15) is 5.03 Å². The predicted molar refractivity (Wildman–Crippen MR) is 115 cm³/mol. The summed E-state index contributed by atoms with van der Waals surface area (Å²) in [5.41, 5.74) is 2.47. The van der Waals surface area contributed by atoms with Crippen LogP contribution in [0.1, 0.15) is 5.89 Å². The van der Waals surface area contributed by atoms with Gasteiger partial charge in [-0.3, -0.25) is 0 Å². The molecule has 4 rings (SSSR count). The van der Waals surface area contributed by atoms with Crippen LogP contribution in [0.15, 0.2) is 64.1 Å². The van der Waals surface area contributed by atoms with Crippen molar-refractivity contribution in [2.24, 2.45) is 0 Å². The van der Waals surface area contributed by atoms with Gasteiger partial charge in [0.2, 0.25) is 11.7 Å². The van der Waals surface area contributed by atoms with Gasteiger partial charge in [0.05, 0.1) is 25.7 Å². The number of hydrogen-bond acceptors (Lipinski definition) is 8. The lowest BCUT2D eigenvalue weighted by molar-refractivity contribution is 0.355. The third-order valence-corrected chi connectivity index (χ3v) is 5.39. The first-order chi connectivity index (χ1) is 14.7. The molecule has 0 amide bonds. The maximum absolute atomic E-state index is 5.91. The molecule has 0 radical (unpaired) electrons. The van der Waals surface area contributed by atoms with Crippen LogP contribution in [0, 0.1) is 0 Å². The topological polar surface area (TPSA) is 83.2 Å². The Labute approximate surface area is 182 Å². The lowest BCUT2D eigenvalue weighted by atomic mass is 10.1. The van der Waals surface area contributed by atoms with Crippen LogP contribution >= 0.6 is 23.4 Å². The molecule has 9 heteroatoms. The number of benzene rings is 2. The highest BCUT2D eigenvalue weighted by Gasteiger charge is 2.11. The first kappa shape index (κ1) is 20.2. The Morgan fingerprint density at radius 2 is 1.67 bits per heavy atom. The molecule has 0 saturated carbocycles. The average Bonchev–Trinajstić information content (AvgIpc) is 3.27. The fourth-order valence-corrected chi connectivity index (χ4v) is 3.49. The number of thioether (sulfide) groups is 1. The van der Waals surface area contributed by atoms with E-state index in [0.29, 0.717) is 34.0 Å². The molecule has 7 nitrogen and oxygen atoms in total. The molecule has 0 aliphatic carbocycles. The smallest absolute Gasteiger partial charge is 0.237 e. The van der Waals surface area contributed by atoms with E-state index < -0.39 is 0 Å². The van der Waals surface area contributed by atoms with Crippen LogP contribution in [0.4, 0.5) is 0 Å². The molecule has 2 aromatic heterocycles. The Morgan fingerprint density at radius 1 is 0.900 bits per heavy atom. The molecule has 0 fully saturated rings. The van der Waals surface area contributed by atoms with Crippen LogP contribution in [-0.2, 0) is 5.75 Å². The van der Waals surface area contributed by atoms with Crippen molar-refractivity contribution in [2.75, 3.05) is 14.2 Å². The van der Waals surface area contributed by atoms with Gasteiger partial charge in [-0.25, -0.2) is 0 Å². The van der Waals surface area contributed by atoms with Gasteiger partial charge in [-0.1, -0.05) is 28.5 Å². The minimum absolute atomic E-state index is 0.491. The summed E-state index contributed by atoms with van der Waals surface area (Å²) in [6.07, 6.45) is 0. The number of hydrogen-bond donors (Lipinski definition) is 0. The van der Waals surface area contributed by atoms with Gasteiger partial charge in [0.25, 0.3) is 0 Å². The van der Waals surface area contributed by atoms with E-state index in [2.05, 4.69) is 20.3 Å². The molecule has 30 heavy (non-hydrogen) atoms. The van der Waals surface area contributed by atoms with E-state index in [9.17, 15) is 0 Å². The predicted octanol–water partition coefficient (Wildman–Crippen LogP) is 5.16. The van der Waals surface area contributed by atoms with E-state index in [4.69, 9.17) is 25.6 Å². The van der Waals surface area contributed by atoms with Crippen LogP contribution in [0.5, 0.6) is 11.5 Å². The molecule has 0 bridgehead atoms. The Morgan fingerprint density at radius 3 is 2.37 bits per heavy atom. The molecule has 4 aromatic rings. The normalized spacial score (nSPS) is 10.8. The third-order valence-electron chi connectivity index (χ3n) is 4.23. The summed E-state index contributed by atoms with van der Waals surface area (Å²) in [5.74, 6) is 2.83. The molecule has 0 spiro atoms. The summed E-state index contributed by atoms with van der Waals surface area (Å²) in [5, 5.41) is 14.0. The van der Waals surface area contributed by atoms with Crippen molar-refractivity contribution in [1.29, 1.82) is 0 Å². The molecule has 0 atom stereocenters. The zero-order valence-electron chi connectivity index (χ0n) is 16.2. The van der Waals surface area contributed by atoms with E-state index in [1.165, 1.54) is 11.8 Å². The zero-order chi connectivity index (χ0) is 20.9. The highest BCUT2D eigenvalue weighted by Crippen LogP contribution is 2.32. The molecule has 152 valence electrons. The zero-order valence-corrected chi connectivity index (χ0v) is 17.8. The van der Waals surface area contributed by atoms with Crippen molar-refractivity contribution in [3.05, 3.63) is 65.5 Å². The summed E-state index contributed by atoms with van der Waals surface area (Å²) >= 11 is 7.37. The maximum Gasteiger partial charge on any atom is 0.237 e. The van der Waals surface area contributed by atoms with Crippen molar-refractivity contribution < 1.29 is 14.0 Å². The quantitative estimate of drug-likeness (QED) is 0.364. The highest BCUT2D eigenvalue weighted by atomic mass is 35.5. The van der Waals surface area contributed by atoms with Crippen LogP contribution < -0.4 is 9.47 Å². The number of ether oxygens (including phenoxy) is 2. The molecular formula is C21H17ClN4O3S. The van der Waals surface area contributed by atoms with Crippen LogP contribution in [0.25, 0.3) is 22.6 Å². The Balaban J connectivity index is 1.41. The first-order valence-corrected chi connectivity index (χ1v) is 10.3. The van der Waals surface area contributed by atoms with Crippen molar-refractivity contribution >= 4 is 23.4 Å². The fourth-order valence-electron chi connectivity index (χ4n) is 2.71. The number of rotatable bonds is 7. The van der Waals surface area contributed by atoms with Crippen molar-refractivity contribution in [2.45, 2.75) is 10.8 Å². The second-order valence-electron chi connectivity index (χ2n) is 6.13. The molecule has 0 aliphatic rings. The largest absolute Gasteiger partial charge is 0.493 e. The number of methoxy groups -OCH3 is 2. The lowest BCUT2D eigenvalue weighted by Gasteiger charge is -2.09. The van der Waals surface area contributed by atoms with Crippen LogP contribution in [0.2, 0.25) is 5.02 Å². The standard InChI is InChI=1S/C21H17ClN4O3S/c1-27-17-9-5-14(11-18(17)28-2)16-8-10-20(25-24-16)30-12-19-23-21(26-29-19)13-3-6-15(22)7-4-13/h3-11H,12H2,1-2H3. The number of halogens is 1. The molecule has 0 saturated heterocycles. The van der Waals surface area contributed by atoms with E-state index in [1.807, 2.05) is 42.5 Å². The summed E-state index contributed by atoms with van der Waals surface area (Å²) in [6.45, 7) is 0. The van der Waals surface area contributed by atoms with E-state index in [0.717, 1.165) is 21.8 Å². The SMILES string of the molecule is COc1ccc(-c2ccc(SCc3nc(-c4ccc(Cl)cc4)no3)nn2)cc1OC. The van der Waals surface area contributed by atoms with Crippen LogP contribution in [-0.4, -0.2) is 34.6 Å². The van der Waals surface area contributed by atoms with Gasteiger partial charge in [0, 0.05) is 16.1 Å². The molecule has 0 N–H and O–H groups in total. The molecule has 2 aromatic carbocycles. The van der Waals surface area contributed by atoms with Gasteiger partial charge >= 0.3 is 0 Å². The Bertz CT molecular complexity index is 1130. The first-order valence-electron chi connectivity index (χ1n) is 8.93. The van der Waals surface area contributed by atoms with E-state index in [1.54, 1.807) is 26.4 Å². The number of nitrogens with zero attached hydrogens (tertiary/aromatic N) is 4. The van der Waals surface area contributed by atoms with Gasteiger partial charge in [-0.2, -0.15) is 4.98 Å². The Kier molecular flexibility index (Phi) is 6.15. The van der Waals surface area contributed by atoms with Gasteiger partial charge in [0.15, 0.2) is 11.5 Å². The summed E-state index contributed by atoms with van der Waals surface area (Å²) in [6, 6.07) is 16.7. The van der Waals surface area contributed by atoms with Gasteiger partial charge < -0.3 is 14.0 Å². The summed E-state index contributed by atoms with van der Waals surface area (Å²) in [4.78, 5) is 4.41. The second-order valence-corrected chi connectivity index (χ2v) is 7.57. The van der Waals surface area contributed by atoms with Gasteiger partial charge in [-0.15, -0.1) is 10.2 Å². The highest BCUT2D eigenvalue weighted by molar-refractivity contribution is 7.98. The van der Waals surface area contributed by atoms with Crippen molar-refractivity contribution in [3.63, 3.8) is 0 Å². The molecule has 2 heterocycles. The summed E-state index contributed by atoms with van der Waals surface area (Å²) < 4.78 is 15.9. The van der Waals surface area contributed by atoms with Crippen LogP contribution in [0.3, 0.4) is 0 Å². The Hall–Kier alpha value is -3.10. The average molecular weight is 441 g/mol. The van der Waals surface area contributed by atoms with E-state index >= 15 is 0 Å². The lowest BCUT2D eigenvalue weighted by Crippen LogP contribution is -1.93. The van der Waals surface area contributed by atoms with Gasteiger partial charge in [-0.05, 0) is 54.6 Å². The second kappa shape index (κ2) is 9.15. The maximum atomic E-state index is 5.91. The summed E-state index contributed by atoms with van der Waals surface area (Å²) in [7, 11) is 3.20. The minimum Gasteiger partial charge on any atom is -0.493 e. The number of aromatic nitrogens is 4. The van der Waals surface area contributed by atoms with Crippen molar-refractivity contribution in [3.8, 4) is 34.1 Å². The van der Waals surface area contributed by atoms with E-state index in [-0.39, 0.29) is 0 Å². The third kappa shape index (κ3) is 4.55. The monoisotopic (exact) mass is 440 g/mol. The molecule has 0 aliphatic heterocycles.